The second-order valence-corrected chi connectivity index (χ2v) is 16.1. The predicted molar refractivity (Wildman–Crippen MR) is 170 cm³/mol. The molecule has 0 aromatic carbocycles. The summed E-state index contributed by atoms with van der Waals surface area (Å²) in [5.74, 6) is 0.597. The molecule has 3 aliphatic heterocycles. The summed E-state index contributed by atoms with van der Waals surface area (Å²) in [6, 6.07) is 0. The minimum Gasteiger partial charge on any atom is -0.458 e. The highest BCUT2D eigenvalue weighted by atomic mass is 16.7. The standard InChI is InChI=1S/C36H54O13/c1-17-30(49-32-28(41)27(40)26(39)24(15-37)48-32)31(44-4)29(42)33(46-17)47-20-7-10-34(2)19(14-20)5-6-23-22(34)8-11-35(3)21(9-12-36(23,35)43)18-13-25(38)45-16-18/h9,13,17,19-20,22-24,26-33,37,39-43H,5-8,10-12,14-16H2,1-4H3/t17-,19?,20+,22+,23-,24-,26-,27+,28-,29-,30+,31-,32+,33+,34+,35-,36+/m1/s1. The number of carbonyl (C=O) groups is 1. The van der Waals surface area contributed by atoms with Crippen LogP contribution in [0.5, 0.6) is 0 Å². The lowest BCUT2D eigenvalue weighted by molar-refractivity contribution is -0.362. The van der Waals surface area contributed by atoms with E-state index in [1.165, 1.54) is 7.11 Å². The SMILES string of the molecule is CO[C@@H]1[C@@H](O)[C@H](O[C@H]2CC[C@@]3(C)C(CC[C@@H]4[C@@H]3CC[C@]3(C)C(C5=CC(=O)OC5)=CC[C@]43O)C2)O[C@H](C)[C@@H]1O[C@@H]1O[C@H](CO)[C@@H](O)[C@H](O)[C@H]1O. The zero-order valence-electron chi connectivity index (χ0n) is 28.8. The molecule has 17 atom stereocenters. The highest BCUT2D eigenvalue weighted by Crippen LogP contribution is 2.68. The molecule has 0 amide bonds. The number of carbonyl (C=O) groups excluding carboxylic acids is 1. The highest BCUT2D eigenvalue weighted by molar-refractivity contribution is 5.86. The van der Waals surface area contributed by atoms with Gasteiger partial charge in [0.15, 0.2) is 12.6 Å². The van der Waals surface area contributed by atoms with E-state index in [0.717, 1.165) is 56.1 Å². The van der Waals surface area contributed by atoms with Gasteiger partial charge in [-0.15, -0.1) is 0 Å². The molecule has 6 N–H and O–H groups in total. The third-order valence-corrected chi connectivity index (χ3v) is 13.9. The first kappa shape index (κ1) is 35.9. The van der Waals surface area contributed by atoms with E-state index in [1.807, 2.05) is 0 Å². The Morgan fingerprint density at radius 3 is 2.35 bits per heavy atom. The number of fused-ring (bicyclic) bond motifs is 5. The van der Waals surface area contributed by atoms with E-state index in [0.29, 0.717) is 18.3 Å². The Morgan fingerprint density at radius 2 is 1.65 bits per heavy atom. The molecule has 276 valence electrons. The van der Waals surface area contributed by atoms with Gasteiger partial charge in [-0.1, -0.05) is 19.9 Å². The van der Waals surface area contributed by atoms with Crippen LogP contribution in [0.2, 0.25) is 0 Å². The van der Waals surface area contributed by atoms with Crippen molar-refractivity contribution in [1.82, 2.24) is 0 Å². The van der Waals surface area contributed by atoms with Gasteiger partial charge in [-0.3, -0.25) is 0 Å². The van der Waals surface area contributed by atoms with Gasteiger partial charge in [0, 0.05) is 24.2 Å². The molecule has 0 aromatic rings. The van der Waals surface area contributed by atoms with E-state index in [4.69, 9.17) is 28.4 Å². The molecule has 1 unspecified atom stereocenters. The van der Waals surface area contributed by atoms with E-state index in [2.05, 4.69) is 19.9 Å². The Hall–Kier alpha value is -1.49. The van der Waals surface area contributed by atoms with Gasteiger partial charge in [0.1, 0.15) is 49.3 Å². The quantitative estimate of drug-likeness (QED) is 0.163. The predicted octanol–water partition coefficient (Wildman–Crippen LogP) is 0.855. The van der Waals surface area contributed by atoms with Crippen molar-refractivity contribution in [1.29, 1.82) is 0 Å². The third kappa shape index (κ3) is 5.67. The van der Waals surface area contributed by atoms with E-state index < -0.39 is 79.0 Å². The fraction of sp³-hybridized carbons (Fsp3) is 0.861. The zero-order valence-corrected chi connectivity index (χ0v) is 28.8. The van der Waals surface area contributed by atoms with Crippen LogP contribution < -0.4 is 0 Å². The van der Waals surface area contributed by atoms with Crippen LogP contribution in [0, 0.1) is 28.6 Å². The number of methoxy groups -OCH3 is 1. The fourth-order valence-electron chi connectivity index (χ4n) is 11.0. The van der Waals surface area contributed by atoms with Crippen LogP contribution in [0.25, 0.3) is 0 Å². The monoisotopic (exact) mass is 694 g/mol. The number of cyclic esters (lactones) is 1. The zero-order chi connectivity index (χ0) is 35.0. The molecule has 2 saturated heterocycles. The lowest BCUT2D eigenvalue weighted by atomic mass is 9.43. The second-order valence-electron chi connectivity index (χ2n) is 16.1. The Labute approximate surface area is 287 Å². The number of hydrogen-bond acceptors (Lipinski definition) is 13. The molecule has 7 rings (SSSR count). The normalized spacial score (nSPS) is 52.8. The Balaban J connectivity index is 0.991. The van der Waals surface area contributed by atoms with Crippen LogP contribution in [0.15, 0.2) is 23.3 Å². The molecule has 0 aromatic heterocycles. The van der Waals surface area contributed by atoms with Gasteiger partial charge in [0.25, 0.3) is 0 Å². The minimum absolute atomic E-state index is 0.0347. The molecule has 13 nitrogen and oxygen atoms in total. The van der Waals surface area contributed by atoms with Crippen LogP contribution in [0.1, 0.15) is 72.1 Å². The average molecular weight is 695 g/mol. The largest absolute Gasteiger partial charge is 0.458 e. The molecule has 13 heteroatoms. The molecule has 0 radical (unpaired) electrons. The summed E-state index contributed by atoms with van der Waals surface area (Å²) in [6.07, 6.45) is -1.52. The maximum atomic E-state index is 12.5. The maximum absolute atomic E-state index is 12.5. The summed E-state index contributed by atoms with van der Waals surface area (Å²) in [6.45, 7) is 5.99. The van der Waals surface area contributed by atoms with Crippen LogP contribution in [0.4, 0.5) is 0 Å². The van der Waals surface area contributed by atoms with Gasteiger partial charge in [-0.05, 0) is 87.0 Å². The first-order chi connectivity index (χ1) is 23.3. The molecular weight excluding hydrogens is 640 g/mol. The molecule has 3 saturated carbocycles. The van der Waals surface area contributed by atoms with Gasteiger partial charge < -0.3 is 59.1 Å². The molecule has 4 aliphatic carbocycles. The van der Waals surface area contributed by atoms with Crippen molar-refractivity contribution in [3.63, 3.8) is 0 Å². The molecular formula is C36H54O13. The van der Waals surface area contributed by atoms with Crippen molar-refractivity contribution >= 4 is 5.97 Å². The lowest BCUT2D eigenvalue weighted by Gasteiger charge is -2.63. The first-order valence-electron chi connectivity index (χ1n) is 18.0. The third-order valence-electron chi connectivity index (χ3n) is 13.9. The Morgan fingerprint density at radius 1 is 0.898 bits per heavy atom. The minimum atomic E-state index is -1.60. The topological polar surface area (TPSA) is 194 Å². The van der Waals surface area contributed by atoms with E-state index in [-0.39, 0.29) is 30.0 Å². The molecule has 0 spiro atoms. The summed E-state index contributed by atoms with van der Waals surface area (Å²) in [5, 5.41) is 64.3. The number of rotatable bonds is 7. The van der Waals surface area contributed by atoms with Crippen molar-refractivity contribution in [3.05, 3.63) is 23.3 Å². The second kappa shape index (κ2) is 13.2. The number of esters is 1. The van der Waals surface area contributed by atoms with E-state index >= 15 is 0 Å². The smallest absolute Gasteiger partial charge is 0.331 e. The number of ether oxygens (including phenoxy) is 6. The molecule has 3 heterocycles. The van der Waals surface area contributed by atoms with Gasteiger partial charge in [-0.2, -0.15) is 0 Å². The lowest BCUT2D eigenvalue weighted by Crippen LogP contribution is -2.64. The molecule has 49 heavy (non-hydrogen) atoms. The van der Waals surface area contributed by atoms with Gasteiger partial charge in [0.05, 0.1) is 24.4 Å². The van der Waals surface area contributed by atoms with Crippen LogP contribution in [-0.4, -0.2) is 130 Å². The summed E-state index contributed by atoms with van der Waals surface area (Å²) in [4.78, 5) is 11.9. The van der Waals surface area contributed by atoms with Crippen LogP contribution in [0.3, 0.4) is 0 Å². The summed E-state index contributed by atoms with van der Waals surface area (Å²) in [5.41, 5.74) is 0.749. The van der Waals surface area contributed by atoms with Crippen molar-refractivity contribution < 1.29 is 63.9 Å². The van der Waals surface area contributed by atoms with Crippen molar-refractivity contribution in [2.45, 2.75) is 145 Å². The summed E-state index contributed by atoms with van der Waals surface area (Å²) >= 11 is 0. The van der Waals surface area contributed by atoms with Crippen molar-refractivity contribution in [2.24, 2.45) is 28.6 Å². The van der Waals surface area contributed by atoms with Crippen molar-refractivity contribution in [2.75, 3.05) is 20.3 Å². The highest BCUT2D eigenvalue weighted by Gasteiger charge is 2.66. The van der Waals surface area contributed by atoms with Gasteiger partial charge in [-0.25, -0.2) is 4.79 Å². The number of aliphatic hydroxyl groups excluding tert-OH is 5. The number of aliphatic hydroxyl groups is 6. The average Bonchev–Trinajstić information content (AvgIpc) is 3.62. The number of hydrogen-bond donors (Lipinski definition) is 6. The fourth-order valence-corrected chi connectivity index (χ4v) is 11.0. The molecule has 5 fully saturated rings. The first-order valence-corrected chi connectivity index (χ1v) is 18.0. The Kier molecular flexibility index (Phi) is 9.65. The van der Waals surface area contributed by atoms with Crippen LogP contribution >= 0.6 is 0 Å². The Bertz CT molecular complexity index is 1320. The van der Waals surface area contributed by atoms with Gasteiger partial charge in [0.2, 0.25) is 0 Å². The maximum Gasteiger partial charge on any atom is 0.331 e. The molecule has 0 bridgehead atoms. The van der Waals surface area contributed by atoms with Crippen LogP contribution in [-0.2, 0) is 33.2 Å². The van der Waals surface area contributed by atoms with E-state index in [1.54, 1.807) is 13.0 Å². The van der Waals surface area contributed by atoms with Crippen molar-refractivity contribution in [3.8, 4) is 0 Å². The molecule has 7 aliphatic rings. The van der Waals surface area contributed by atoms with E-state index in [9.17, 15) is 35.4 Å². The summed E-state index contributed by atoms with van der Waals surface area (Å²) < 4.78 is 35.0. The summed E-state index contributed by atoms with van der Waals surface area (Å²) in [7, 11) is 1.43. The van der Waals surface area contributed by atoms with Gasteiger partial charge >= 0.3 is 5.97 Å².